The highest BCUT2D eigenvalue weighted by Gasteiger charge is 2.38. The lowest BCUT2D eigenvalue weighted by molar-refractivity contribution is 0.0734. The minimum Gasteiger partial charge on any atom is -0.487 e. The summed E-state index contributed by atoms with van der Waals surface area (Å²) in [6.45, 7) is 4.62. The predicted molar refractivity (Wildman–Crippen MR) is 139 cm³/mol. The van der Waals surface area contributed by atoms with Crippen LogP contribution in [0.5, 0.6) is 5.75 Å². The van der Waals surface area contributed by atoms with Crippen LogP contribution in [0.25, 0.3) is 11.1 Å². The SMILES string of the molecule is C[C@@H]1CN([C@@H](C)CO)S(=O)(=O)c2ccc(-c3ccccc3)cc2O[C@H]1CN(C)Cc1cccc(F)c1. The Morgan fingerprint density at radius 3 is 2.53 bits per heavy atom. The standard InChI is InChI=1S/C28H33FN2O4S/c1-20-16-31(21(2)19-32)36(33,34)28-13-12-24(23-9-5-4-6-10-23)15-26(28)35-27(20)18-30(3)17-22-8-7-11-25(29)14-22/h4-15,20-21,27,32H,16-19H2,1-3H3/t20-,21+,27+/m1/s1. The first-order valence-electron chi connectivity index (χ1n) is 12.1. The van der Waals surface area contributed by atoms with Gasteiger partial charge in [0, 0.05) is 31.6 Å². The molecule has 192 valence electrons. The van der Waals surface area contributed by atoms with Crippen LogP contribution in [0, 0.1) is 11.7 Å². The quantitative estimate of drug-likeness (QED) is 0.508. The molecule has 0 aliphatic carbocycles. The van der Waals surface area contributed by atoms with Gasteiger partial charge in [-0.1, -0.05) is 55.5 Å². The summed E-state index contributed by atoms with van der Waals surface area (Å²) in [6, 6.07) is 20.8. The maximum atomic E-state index is 13.7. The van der Waals surface area contributed by atoms with Gasteiger partial charge < -0.3 is 9.84 Å². The molecule has 1 heterocycles. The molecule has 6 nitrogen and oxygen atoms in total. The number of halogens is 1. The van der Waals surface area contributed by atoms with Gasteiger partial charge in [0.15, 0.2) is 0 Å². The second-order valence-electron chi connectivity index (χ2n) is 9.59. The Balaban J connectivity index is 1.71. The van der Waals surface area contributed by atoms with Gasteiger partial charge in [-0.05, 0) is 54.9 Å². The van der Waals surface area contributed by atoms with Gasteiger partial charge in [0.05, 0.1) is 6.61 Å². The Morgan fingerprint density at radius 1 is 1.08 bits per heavy atom. The molecule has 0 fully saturated rings. The number of ether oxygens (including phenoxy) is 1. The average molecular weight is 513 g/mol. The molecular formula is C28H33FN2O4S. The Labute approximate surface area is 213 Å². The molecule has 3 aromatic rings. The number of nitrogens with zero attached hydrogens (tertiary/aromatic N) is 2. The van der Waals surface area contributed by atoms with Crippen LogP contribution in [0.1, 0.15) is 19.4 Å². The van der Waals surface area contributed by atoms with Crippen LogP contribution in [0.4, 0.5) is 4.39 Å². The molecule has 0 saturated carbocycles. The van der Waals surface area contributed by atoms with E-state index in [1.54, 1.807) is 31.2 Å². The van der Waals surface area contributed by atoms with Gasteiger partial charge in [-0.3, -0.25) is 4.90 Å². The molecule has 3 aromatic carbocycles. The summed E-state index contributed by atoms with van der Waals surface area (Å²) >= 11 is 0. The molecule has 1 aliphatic heterocycles. The van der Waals surface area contributed by atoms with Crippen LogP contribution in [0.2, 0.25) is 0 Å². The maximum Gasteiger partial charge on any atom is 0.247 e. The van der Waals surface area contributed by atoms with Gasteiger partial charge in [0.1, 0.15) is 22.6 Å². The van der Waals surface area contributed by atoms with Gasteiger partial charge in [0.25, 0.3) is 0 Å². The van der Waals surface area contributed by atoms with E-state index >= 15 is 0 Å². The molecule has 8 heteroatoms. The van der Waals surface area contributed by atoms with Crippen LogP contribution in [-0.4, -0.2) is 61.6 Å². The highest BCUT2D eigenvalue weighted by molar-refractivity contribution is 7.89. The van der Waals surface area contributed by atoms with E-state index in [4.69, 9.17) is 4.74 Å². The monoisotopic (exact) mass is 512 g/mol. The zero-order valence-corrected chi connectivity index (χ0v) is 21.7. The number of likely N-dealkylation sites (N-methyl/N-ethyl adjacent to an activating group) is 1. The fraction of sp³-hybridized carbons (Fsp3) is 0.357. The zero-order valence-electron chi connectivity index (χ0n) is 20.8. The molecular weight excluding hydrogens is 479 g/mol. The molecule has 0 unspecified atom stereocenters. The third kappa shape index (κ3) is 5.78. The lowest BCUT2D eigenvalue weighted by atomic mass is 10.0. The molecule has 0 radical (unpaired) electrons. The Hall–Kier alpha value is -2.78. The van der Waals surface area contributed by atoms with Crippen LogP contribution in [-0.2, 0) is 16.6 Å². The van der Waals surface area contributed by atoms with Crippen molar-refractivity contribution >= 4 is 10.0 Å². The highest BCUT2D eigenvalue weighted by atomic mass is 32.2. The first-order valence-corrected chi connectivity index (χ1v) is 13.5. The highest BCUT2D eigenvalue weighted by Crippen LogP contribution is 2.36. The van der Waals surface area contributed by atoms with Crippen molar-refractivity contribution in [3.05, 3.63) is 84.2 Å². The summed E-state index contributed by atoms with van der Waals surface area (Å²) < 4.78 is 48.8. The van der Waals surface area contributed by atoms with Crippen molar-refractivity contribution in [2.45, 2.75) is 37.4 Å². The van der Waals surface area contributed by atoms with Crippen LogP contribution in [0.15, 0.2) is 77.7 Å². The predicted octanol–water partition coefficient (Wildman–Crippen LogP) is 4.39. The number of hydrogen-bond acceptors (Lipinski definition) is 5. The third-order valence-corrected chi connectivity index (χ3v) is 8.63. The van der Waals surface area contributed by atoms with E-state index in [0.717, 1.165) is 16.7 Å². The maximum absolute atomic E-state index is 13.7. The molecule has 0 bridgehead atoms. The lowest BCUT2D eigenvalue weighted by Gasteiger charge is -2.37. The molecule has 3 atom stereocenters. The molecule has 0 aromatic heterocycles. The molecule has 36 heavy (non-hydrogen) atoms. The second kappa shape index (κ2) is 11.1. The molecule has 0 saturated heterocycles. The Bertz CT molecular complexity index is 1290. The summed E-state index contributed by atoms with van der Waals surface area (Å²) in [6.07, 6.45) is -0.336. The van der Waals surface area contributed by atoms with Gasteiger partial charge in [0.2, 0.25) is 10.0 Å². The van der Waals surface area contributed by atoms with Gasteiger partial charge >= 0.3 is 0 Å². The molecule has 1 N–H and O–H groups in total. The van der Waals surface area contributed by atoms with Crippen LogP contribution >= 0.6 is 0 Å². The first kappa shape index (κ1) is 26.3. The smallest absolute Gasteiger partial charge is 0.247 e. The van der Waals surface area contributed by atoms with E-state index in [-0.39, 0.29) is 35.9 Å². The fourth-order valence-electron chi connectivity index (χ4n) is 4.57. The summed E-state index contributed by atoms with van der Waals surface area (Å²) in [5, 5.41) is 9.83. The Morgan fingerprint density at radius 2 is 1.83 bits per heavy atom. The number of sulfonamides is 1. The summed E-state index contributed by atoms with van der Waals surface area (Å²) in [5.41, 5.74) is 2.66. The third-order valence-electron chi connectivity index (χ3n) is 6.61. The topological polar surface area (TPSA) is 70.1 Å². The van der Waals surface area contributed by atoms with E-state index < -0.39 is 16.1 Å². The number of hydrogen-bond donors (Lipinski definition) is 1. The van der Waals surface area contributed by atoms with Crippen LogP contribution < -0.4 is 4.74 Å². The summed E-state index contributed by atoms with van der Waals surface area (Å²) in [7, 11) is -1.96. The first-order chi connectivity index (χ1) is 17.2. The van der Waals surface area contributed by atoms with E-state index in [1.165, 1.54) is 16.4 Å². The Kier molecular flexibility index (Phi) is 8.10. The molecule has 0 spiro atoms. The minimum absolute atomic E-state index is 0.0900. The van der Waals surface area contributed by atoms with Crippen molar-refractivity contribution in [1.82, 2.24) is 9.21 Å². The normalized spacial score (nSPS) is 20.7. The van der Waals surface area contributed by atoms with E-state index in [9.17, 15) is 17.9 Å². The van der Waals surface area contributed by atoms with Crippen molar-refractivity contribution in [2.24, 2.45) is 5.92 Å². The molecule has 4 rings (SSSR count). The van der Waals surface area contributed by atoms with Crippen molar-refractivity contribution in [3.8, 4) is 16.9 Å². The van der Waals surface area contributed by atoms with Gasteiger partial charge in [-0.25, -0.2) is 12.8 Å². The largest absolute Gasteiger partial charge is 0.487 e. The number of rotatable bonds is 7. The van der Waals surface area contributed by atoms with Crippen molar-refractivity contribution in [2.75, 3.05) is 26.7 Å². The minimum atomic E-state index is -3.90. The molecule has 1 aliphatic rings. The number of fused-ring (bicyclic) bond motifs is 1. The number of benzene rings is 3. The van der Waals surface area contributed by atoms with Gasteiger partial charge in [-0.2, -0.15) is 4.31 Å². The summed E-state index contributed by atoms with van der Waals surface area (Å²) in [4.78, 5) is 2.14. The van der Waals surface area contributed by atoms with Crippen LogP contribution in [0.3, 0.4) is 0 Å². The van der Waals surface area contributed by atoms with Gasteiger partial charge in [-0.15, -0.1) is 0 Å². The molecule has 0 amide bonds. The number of aliphatic hydroxyl groups excluding tert-OH is 1. The zero-order chi connectivity index (χ0) is 25.9. The average Bonchev–Trinajstić information content (AvgIpc) is 2.86. The van der Waals surface area contributed by atoms with E-state index in [2.05, 4.69) is 0 Å². The summed E-state index contributed by atoms with van der Waals surface area (Å²) in [5.74, 6) is -0.155. The van der Waals surface area contributed by atoms with E-state index in [0.29, 0.717) is 18.8 Å². The lowest BCUT2D eigenvalue weighted by Crippen LogP contribution is -2.49. The van der Waals surface area contributed by atoms with Crippen molar-refractivity contribution in [1.29, 1.82) is 0 Å². The van der Waals surface area contributed by atoms with Crippen molar-refractivity contribution < 1.29 is 22.7 Å². The number of aliphatic hydroxyl groups is 1. The van der Waals surface area contributed by atoms with Crippen molar-refractivity contribution in [3.63, 3.8) is 0 Å². The fourth-order valence-corrected chi connectivity index (χ4v) is 6.40. The second-order valence-corrected chi connectivity index (χ2v) is 11.5. The van der Waals surface area contributed by atoms with E-state index in [1.807, 2.05) is 55.3 Å².